The monoisotopic (exact) mass is 484 g/mol. The second-order valence-corrected chi connectivity index (χ2v) is 9.30. The molecule has 0 unspecified atom stereocenters. The predicted octanol–water partition coefficient (Wildman–Crippen LogP) is 7.27. The minimum atomic E-state index is -0.167. The molecule has 0 aromatic heterocycles. The highest BCUT2D eigenvalue weighted by molar-refractivity contribution is 8.18. The van der Waals surface area contributed by atoms with Gasteiger partial charge in [-0.2, -0.15) is 0 Å². The van der Waals surface area contributed by atoms with E-state index in [4.69, 9.17) is 16.3 Å². The molecule has 6 heteroatoms. The Morgan fingerprint density at radius 3 is 2.59 bits per heavy atom. The minimum absolute atomic E-state index is 0.167. The molecule has 0 aliphatic carbocycles. The van der Waals surface area contributed by atoms with Gasteiger partial charge in [-0.3, -0.25) is 4.79 Å². The van der Waals surface area contributed by atoms with E-state index >= 15 is 0 Å². The topological polar surface area (TPSA) is 50.7 Å². The van der Waals surface area contributed by atoms with Crippen molar-refractivity contribution >= 4 is 57.0 Å². The molecule has 4 aromatic rings. The number of carbonyl (C=O) groups excluding carboxylic acids is 1. The van der Waals surface area contributed by atoms with Crippen LogP contribution in [0.4, 0.5) is 5.69 Å². The van der Waals surface area contributed by atoms with Gasteiger partial charge in [-0.15, -0.1) is 0 Å². The zero-order valence-corrected chi connectivity index (χ0v) is 20.0. The van der Waals surface area contributed by atoms with Gasteiger partial charge < -0.3 is 10.1 Å². The molecule has 0 bridgehead atoms. The maximum absolute atomic E-state index is 12.4. The molecule has 1 aliphatic rings. The molecule has 34 heavy (non-hydrogen) atoms. The molecule has 0 radical (unpaired) electrons. The third-order valence-corrected chi connectivity index (χ3v) is 6.88. The van der Waals surface area contributed by atoms with Gasteiger partial charge in [-0.25, -0.2) is 4.99 Å². The molecule has 1 amide bonds. The van der Waals surface area contributed by atoms with Crippen molar-refractivity contribution in [3.8, 4) is 5.75 Å². The Hall–Kier alpha value is -3.54. The molecule has 5 rings (SSSR count). The van der Waals surface area contributed by atoms with Gasteiger partial charge in [0, 0.05) is 5.02 Å². The van der Waals surface area contributed by atoms with Gasteiger partial charge in [0.1, 0.15) is 12.4 Å². The normalized spacial score (nSPS) is 15.8. The van der Waals surface area contributed by atoms with Crippen molar-refractivity contribution in [3.63, 3.8) is 0 Å². The van der Waals surface area contributed by atoms with Crippen LogP contribution in [0.1, 0.15) is 16.7 Å². The maximum atomic E-state index is 12.4. The van der Waals surface area contributed by atoms with Crippen molar-refractivity contribution in [1.82, 2.24) is 5.32 Å². The van der Waals surface area contributed by atoms with Crippen LogP contribution in [0.3, 0.4) is 0 Å². The Balaban J connectivity index is 1.27. The van der Waals surface area contributed by atoms with E-state index in [1.807, 2.05) is 73.7 Å². The number of aliphatic imine (C=N–C) groups is 1. The Morgan fingerprint density at radius 2 is 1.74 bits per heavy atom. The van der Waals surface area contributed by atoms with Gasteiger partial charge in [0.2, 0.25) is 0 Å². The minimum Gasteiger partial charge on any atom is -0.489 e. The number of hydrogen-bond acceptors (Lipinski definition) is 4. The molecular weight excluding hydrogens is 464 g/mol. The summed E-state index contributed by atoms with van der Waals surface area (Å²) in [6.07, 6.45) is 1.85. The highest BCUT2D eigenvalue weighted by atomic mass is 35.5. The molecule has 4 aromatic carbocycles. The van der Waals surface area contributed by atoms with Crippen molar-refractivity contribution < 1.29 is 9.53 Å². The van der Waals surface area contributed by atoms with Crippen LogP contribution in [0.2, 0.25) is 5.02 Å². The van der Waals surface area contributed by atoms with Crippen LogP contribution in [0.15, 0.2) is 94.8 Å². The van der Waals surface area contributed by atoms with Crippen LogP contribution < -0.4 is 10.1 Å². The number of amides is 1. The summed E-state index contributed by atoms with van der Waals surface area (Å²) in [5.41, 5.74) is 3.67. The fraction of sp³-hybridized carbons (Fsp3) is 0.0714. The van der Waals surface area contributed by atoms with Gasteiger partial charge >= 0.3 is 0 Å². The van der Waals surface area contributed by atoms with E-state index in [0.717, 1.165) is 28.1 Å². The highest BCUT2D eigenvalue weighted by Crippen LogP contribution is 2.31. The molecule has 1 N–H and O–H groups in total. The molecule has 1 saturated heterocycles. The van der Waals surface area contributed by atoms with Crippen molar-refractivity contribution in [3.05, 3.63) is 112 Å². The van der Waals surface area contributed by atoms with Crippen molar-refractivity contribution in [2.24, 2.45) is 4.99 Å². The van der Waals surface area contributed by atoms with E-state index in [1.165, 1.54) is 22.5 Å². The van der Waals surface area contributed by atoms with Crippen LogP contribution in [0.25, 0.3) is 16.8 Å². The van der Waals surface area contributed by atoms with E-state index in [2.05, 4.69) is 34.6 Å². The smallest absolute Gasteiger partial charge is 0.264 e. The summed E-state index contributed by atoms with van der Waals surface area (Å²) in [4.78, 5) is 17.6. The van der Waals surface area contributed by atoms with E-state index in [9.17, 15) is 4.79 Å². The Bertz CT molecular complexity index is 1440. The number of ether oxygens (including phenoxy) is 1. The average molecular weight is 485 g/mol. The van der Waals surface area contributed by atoms with Crippen LogP contribution in [-0.4, -0.2) is 11.1 Å². The standard InChI is InChI=1S/C28H21ClN2O2S/c1-18-24(29)10-5-11-25(18)30-28-31-27(32)26(34-28)16-19-12-14-22(15-13-19)33-17-21-8-4-7-20-6-2-3-9-23(20)21/h2-16H,17H2,1H3,(H,30,31,32)/b26-16-. The number of carbonyl (C=O) groups is 1. The number of thioether (sulfide) groups is 1. The lowest BCUT2D eigenvalue weighted by molar-refractivity contribution is -0.115. The quantitative estimate of drug-likeness (QED) is 0.303. The van der Waals surface area contributed by atoms with Crippen LogP contribution in [-0.2, 0) is 11.4 Å². The predicted molar refractivity (Wildman–Crippen MR) is 142 cm³/mol. The van der Waals surface area contributed by atoms with Gasteiger partial charge in [0.25, 0.3) is 5.91 Å². The SMILES string of the molecule is Cc1c(Cl)cccc1N=C1NC(=O)/C(=C/c2ccc(OCc3cccc4ccccc34)cc2)S1. The lowest BCUT2D eigenvalue weighted by Gasteiger charge is -2.09. The number of benzene rings is 4. The lowest BCUT2D eigenvalue weighted by atomic mass is 10.1. The molecule has 0 saturated carbocycles. The summed E-state index contributed by atoms with van der Waals surface area (Å²) in [6, 6.07) is 27.8. The van der Waals surface area contributed by atoms with Gasteiger partial charge in [-0.1, -0.05) is 72.3 Å². The number of hydrogen-bond donors (Lipinski definition) is 1. The number of halogens is 1. The molecule has 1 heterocycles. The summed E-state index contributed by atoms with van der Waals surface area (Å²) in [7, 11) is 0. The number of fused-ring (bicyclic) bond motifs is 1. The number of amidine groups is 1. The summed E-state index contributed by atoms with van der Waals surface area (Å²) in [5, 5.41) is 6.40. The van der Waals surface area contributed by atoms with Gasteiger partial charge in [-0.05, 0) is 76.5 Å². The Morgan fingerprint density at radius 1 is 0.971 bits per heavy atom. The summed E-state index contributed by atoms with van der Waals surface area (Å²) in [5.74, 6) is 0.608. The van der Waals surface area contributed by atoms with Crippen LogP contribution in [0.5, 0.6) is 5.75 Å². The van der Waals surface area contributed by atoms with Gasteiger partial charge in [0.15, 0.2) is 5.17 Å². The van der Waals surface area contributed by atoms with Crippen molar-refractivity contribution in [2.75, 3.05) is 0 Å². The zero-order valence-electron chi connectivity index (χ0n) is 18.4. The van der Waals surface area contributed by atoms with E-state index in [-0.39, 0.29) is 5.91 Å². The molecule has 1 fully saturated rings. The largest absolute Gasteiger partial charge is 0.489 e. The van der Waals surface area contributed by atoms with Crippen LogP contribution >= 0.6 is 23.4 Å². The van der Waals surface area contributed by atoms with Crippen LogP contribution in [0, 0.1) is 6.92 Å². The van der Waals surface area contributed by atoms with Crippen molar-refractivity contribution in [2.45, 2.75) is 13.5 Å². The summed E-state index contributed by atoms with van der Waals surface area (Å²) in [6.45, 7) is 2.40. The summed E-state index contributed by atoms with van der Waals surface area (Å²) < 4.78 is 6.02. The first-order valence-electron chi connectivity index (χ1n) is 10.8. The van der Waals surface area contributed by atoms with E-state index in [1.54, 1.807) is 0 Å². The highest BCUT2D eigenvalue weighted by Gasteiger charge is 2.24. The molecule has 1 aliphatic heterocycles. The van der Waals surface area contributed by atoms with Crippen molar-refractivity contribution in [1.29, 1.82) is 0 Å². The van der Waals surface area contributed by atoms with E-state index < -0.39 is 0 Å². The third-order valence-electron chi connectivity index (χ3n) is 5.56. The Kier molecular flexibility index (Phi) is 6.39. The lowest BCUT2D eigenvalue weighted by Crippen LogP contribution is -2.19. The third kappa shape index (κ3) is 4.86. The molecule has 0 spiro atoms. The Labute approximate surface area is 207 Å². The number of rotatable bonds is 5. The first-order valence-corrected chi connectivity index (χ1v) is 12.0. The molecule has 0 atom stereocenters. The molecule has 168 valence electrons. The number of nitrogens with one attached hydrogen (secondary N) is 1. The first-order chi connectivity index (χ1) is 16.6. The number of nitrogens with zero attached hydrogens (tertiary/aromatic N) is 1. The zero-order chi connectivity index (χ0) is 23.5. The fourth-order valence-corrected chi connectivity index (χ4v) is 4.70. The maximum Gasteiger partial charge on any atom is 0.264 e. The second kappa shape index (κ2) is 9.75. The van der Waals surface area contributed by atoms with E-state index in [0.29, 0.717) is 21.7 Å². The second-order valence-electron chi connectivity index (χ2n) is 7.86. The molecule has 4 nitrogen and oxygen atoms in total. The fourth-order valence-electron chi connectivity index (χ4n) is 3.70. The first kappa shape index (κ1) is 22.3. The molecular formula is C28H21ClN2O2S. The average Bonchev–Trinajstić information content (AvgIpc) is 3.20. The van der Waals surface area contributed by atoms with Gasteiger partial charge in [0.05, 0.1) is 10.6 Å². The summed E-state index contributed by atoms with van der Waals surface area (Å²) >= 11 is 7.49.